The zero-order valence-corrected chi connectivity index (χ0v) is 16.9. The van der Waals surface area contributed by atoms with Gasteiger partial charge in [0.15, 0.2) is 6.29 Å². The van der Waals surface area contributed by atoms with Gasteiger partial charge >= 0.3 is 0 Å². The Bertz CT molecular complexity index is 244. The van der Waals surface area contributed by atoms with E-state index in [1.54, 1.807) is 0 Å². The molecule has 0 aliphatic carbocycles. The second-order valence-electron chi connectivity index (χ2n) is 6.71. The molecule has 0 aromatic heterocycles. The Kier molecular flexibility index (Phi) is 20.4. The van der Waals surface area contributed by atoms with Crippen molar-refractivity contribution in [2.24, 2.45) is 0 Å². The highest BCUT2D eigenvalue weighted by atomic mass is 16.7. The fourth-order valence-corrected chi connectivity index (χ4v) is 2.95. The molecule has 0 radical (unpaired) electrons. The molecule has 0 aromatic rings. The minimum absolute atomic E-state index is 0.0241. The van der Waals surface area contributed by atoms with E-state index in [2.05, 4.69) is 19.1 Å². The SMILES string of the molecule is CCCC/C=C\CCCCCCCCCCCC(OCC)OCC. The molecule has 2 nitrogen and oxygen atoms in total. The minimum atomic E-state index is 0.0241. The molecule has 0 amide bonds. The van der Waals surface area contributed by atoms with Crippen LogP contribution in [0.1, 0.15) is 111 Å². The zero-order chi connectivity index (χ0) is 17.7. The standard InChI is InChI=1S/C22H44O2/c1-4-7-8-9-10-11-12-13-14-15-16-17-18-19-20-21-22(23-5-2)24-6-3/h9-10,22H,4-8,11-21H2,1-3H3/b10-9-. The van der Waals surface area contributed by atoms with Crippen LogP contribution >= 0.6 is 0 Å². The number of unbranched alkanes of at least 4 members (excludes halogenated alkanes) is 11. The molecule has 0 atom stereocenters. The number of allylic oxidation sites excluding steroid dienone is 2. The summed E-state index contributed by atoms with van der Waals surface area (Å²) in [6, 6.07) is 0. The Labute approximate surface area is 152 Å². The van der Waals surface area contributed by atoms with Crippen LogP contribution in [0.15, 0.2) is 12.2 Å². The van der Waals surface area contributed by atoms with Gasteiger partial charge in [0, 0.05) is 13.2 Å². The van der Waals surface area contributed by atoms with Crippen LogP contribution in [0.2, 0.25) is 0 Å². The molecule has 0 rings (SSSR count). The first-order valence-electron chi connectivity index (χ1n) is 10.7. The van der Waals surface area contributed by atoms with Gasteiger partial charge in [0.2, 0.25) is 0 Å². The summed E-state index contributed by atoms with van der Waals surface area (Å²) >= 11 is 0. The van der Waals surface area contributed by atoms with Gasteiger partial charge in [0.05, 0.1) is 0 Å². The quantitative estimate of drug-likeness (QED) is 0.138. The van der Waals surface area contributed by atoms with E-state index in [-0.39, 0.29) is 6.29 Å². The third kappa shape index (κ3) is 18.0. The molecule has 0 aromatic carbocycles. The maximum absolute atomic E-state index is 5.57. The summed E-state index contributed by atoms with van der Waals surface area (Å²) in [4.78, 5) is 0. The molecule has 0 unspecified atom stereocenters. The van der Waals surface area contributed by atoms with E-state index in [1.807, 2.05) is 13.8 Å². The second-order valence-corrected chi connectivity index (χ2v) is 6.71. The second kappa shape index (κ2) is 20.7. The van der Waals surface area contributed by atoms with Gasteiger partial charge in [-0.15, -0.1) is 0 Å². The van der Waals surface area contributed by atoms with Crippen molar-refractivity contribution >= 4 is 0 Å². The first kappa shape index (κ1) is 23.7. The van der Waals surface area contributed by atoms with Gasteiger partial charge in [-0.05, 0) is 46.0 Å². The molecule has 0 aliphatic rings. The average molecular weight is 341 g/mol. The third-order valence-electron chi connectivity index (χ3n) is 4.41. The highest BCUT2D eigenvalue weighted by Crippen LogP contribution is 2.13. The summed E-state index contributed by atoms with van der Waals surface area (Å²) in [5.41, 5.74) is 0. The molecule has 2 heteroatoms. The summed E-state index contributed by atoms with van der Waals surface area (Å²) < 4.78 is 11.1. The predicted molar refractivity (Wildman–Crippen MR) is 106 cm³/mol. The van der Waals surface area contributed by atoms with E-state index in [1.165, 1.54) is 83.5 Å². The lowest BCUT2D eigenvalue weighted by molar-refractivity contribution is -0.140. The number of hydrogen-bond acceptors (Lipinski definition) is 2. The summed E-state index contributed by atoms with van der Waals surface area (Å²) in [6.45, 7) is 7.83. The van der Waals surface area contributed by atoms with Gasteiger partial charge in [0.1, 0.15) is 0 Å². The largest absolute Gasteiger partial charge is 0.353 e. The van der Waals surface area contributed by atoms with Crippen LogP contribution in [-0.2, 0) is 9.47 Å². The molecule has 144 valence electrons. The summed E-state index contributed by atoms with van der Waals surface area (Å²) in [6.07, 6.45) is 23.4. The van der Waals surface area contributed by atoms with Gasteiger partial charge in [-0.1, -0.05) is 76.9 Å². The highest BCUT2D eigenvalue weighted by molar-refractivity contribution is 4.81. The molecule has 0 saturated carbocycles. The summed E-state index contributed by atoms with van der Waals surface area (Å²) in [5, 5.41) is 0. The summed E-state index contributed by atoms with van der Waals surface area (Å²) in [5.74, 6) is 0. The lowest BCUT2D eigenvalue weighted by Gasteiger charge is -2.16. The van der Waals surface area contributed by atoms with Crippen molar-refractivity contribution in [3.8, 4) is 0 Å². The monoisotopic (exact) mass is 340 g/mol. The van der Waals surface area contributed by atoms with E-state index in [0.717, 1.165) is 19.6 Å². The zero-order valence-electron chi connectivity index (χ0n) is 16.9. The first-order chi connectivity index (χ1) is 11.8. The molecule has 0 fully saturated rings. The average Bonchev–Trinajstić information content (AvgIpc) is 2.58. The van der Waals surface area contributed by atoms with E-state index < -0.39 is 0 Å². The number of hydrogen-bond donors (Lipinski definition) is 0. The van der Waals surface area contributed by atoms with Gasteiger partial charge in [-0.25, -0.2) is 0 Å². The fraction of sp³-hybridized carbons (Fsp3) is 0.909. The van der Waals surface area contributed by atoms with Crippen molar-refractivity contribution < 1.29 is 9.47 Å². The number of rotatable bonds is 19. The van der Waals surface area contributed by atoms with Crippen LogP contribution in [0.4, 0.5) is 0 Å². The molecule has 0 aliphatic heterocycles. The maximum Gasteiger partial charge on any atom is 0.157 e. The van der Waals surface area contributed by atoms with Crippen molar-refractivity contribution in [1.82, 2.24) is 0 Å². The first-order valence-corrected chi connectivity index (χ1v) is 10.7. The van der Waals surface area contributed by atoms with Crippen molar-refractivity contribution in [3.05, 3.63) is 12.2 Å². The Balaban J connectivity index is 3.20. The van der Waals surface area contributed by atoms with Crippen LogP contribution in [0.25, 0.3) is 0 Å². The molecule has 0 heterocycles. The van der Waals surface area contributed by atoms with Crippen LogP contribution in [0, 0.1) is 0 Å². The molecular weight excluding hydrogens is 296 g/mol. The van der Waals surface area contributed by atoms with Gasteiger partial charge in [-0.3, -0.25) is 0 Å². The van der Waals surface area contributed by atoms with E-state index in [9.17, 15) is 0 Å². The minimum Gasteiger partial charge on any atom is -0.353 e. The van der Waals surface area contributed by atoms with Crippen molar-refractivity contribution in [1.29, 1.82) is 0 Å². The van der Waals surface area contributed by atoms with E-state index in [4.69, 9.17) is 9.47 Å². The summed E-state index contributed by atoms with van der Waals surface area (Å²) in [7, 11) is 0. The molecular formula is C22H44O2. The van der Waals surface area contributed by atoms with Crippen LogP contribution in [-0.4, -0.2) is 19.5 Å². The Hall–Kier alpha value is -0.340. The Morgan fingerprint density at radius 1 is 0.583 bits per heavy atom. The highest BCUT2D eigenvalue weighted by Gasteiger charge is 2.06. The van der Waals surface area contributed by atoms with Crippen molar-refractivity contribution in [3.63, 3.8) is 0 Å². The van der Waals surface area contributed by atoms with Crippen molar-refractivity contribution in [2.45, 2.75) is 117 Å². The molecule has 0 bridgehead atoms. The Morgan fingerprint density at radius 3 is 1.54 bits per heavy atom. The molecule has 24 heavy (non-hydrogen) atoms. The molecule has 0 spiro atoms. The van der Waals surface area contributed by atoms with Crippen LogP contribution in [0.5, 0.6) is 0 Å². The lowest BCUT2D eigenvalue weighted by Crippen LogP contribution is -2.17. The smallest absolute Gasteiger partial charge is 0.157 e. The van der Waals surface area contributed by atoms with Gasteiger partial charge in [0.25, 0.3) is 0 Å². The van der Waals surface area contributed by atoms with Gasteiger partial charge < -0.3 is 9.47 Å². The van der Waals surface area contributed by atoms with E-state index in [0.29, 0.717) is 0 Å². The van der Waals surface area contributed by atoms with Gasteiger partial charge in [-0.2, -0.15) is 0 Å². The maximum atomic E-state index is 5.57. The van der Waals surface area contributed by atoms with Crippen LogP contribution < -0.4 is 0 Å². The normalized spacial score (nSPS) is 11.8. The predicted octanol–water partition coefficient (Wildman–Crippen LogP) is 7.42. The topological polar surface area (TPSA) is 18.5 Å². The van der Waals surface area contributed by atoms with Crippen LogP contribution in [0.3, 0.4) is 0 Å². The fourth-order valence-electron chi connectivity index (χ4n) is 2.95. The Morgan fingerprint density at radius 2 is 1.04 bits per heavy atom. The third-order valence-corrected chi connectivity index (χ3v) is 4.41. The molecule has 0 N–H and O–H groups in total. The lowest BCUT2D eigenvalue weighted by atomic mass is 10.1. The number of ether oxygens (including phenoxy) is 2. The van der Waals surface area contributed by atoms with E-state index >= 15 is 0 Å². The van der Waals surface area contributed by atoms with Crippen molar-refractivity contribution in [2.75, 3.05) is 13.2 Å². The molecule has 0 saturated heterocycles.